The third-order valence-corrected chi connectivity index (χ3v) is 5.98. The number of rotatable bonds is 7. The first-order valence-corrected chi connectivity index (χ1v) is 11.7. The summed E-state index contributed by atoms with van der Waals surface area (Å²) in [6.07, 6.45) is 6.59. The van der Waals surface area contributed by atoms with Crippen molar-refractivity contribution in [1.29, 1.82) is 0 Å². The van der Waals surface area contributed by atoms with Gasteiger partial charge in [-0.25, -0.2) is 28.5 Å². The van der Waals surface area contributed by atoms with E-state index in [-0.39, 0.29) is 4.90 Å². The van der Waals surface area contributed by atoms with Gasteiger partial charge in [0.15, 0.2) is 0 Å². The molecule has 0 aliphatic rings. The summed E-state index contributed by atoms with van der Waals surface area (Å²) in [6, 6.07) is 9.74. The van der Waals surface area contributed by atoms with E-state index in [0.717, 1.165) is 41.4 Å². The van der Waals surface area contributed by atoms with E-state index in [1.807, 2.05) is 12.3 Å². The van der Waals surface area contributed by atoms with Gasteiger partial charge >= 0.3 is 0 Å². The summed E-state index contributed by atoms with van der Waals surface area (Å²) < 4.78 is 22.8. The fourth-order valence-corrected chi connectivity index (χ4v) is 4.05. The van der Waals surface area contributed by atoms with Crippen LogP contribution in [0, 0.1) is 0 Å². The Morgan fingerprint density at radius 1 is 1.16 bits per heavy atom. The number of benzene rings is 1. The summed E-state index contributed by atoms with van der Waals surface area (Å²) in [5, 5.41) is 8.65. The molecule has 0 atom stereocenters. The number of fused-ring (bicyclic) bond motifs is 1. The standard InChI is InChI=1S/C21H21ClN6O2S/c1-2-3-4-13-11-18(22)28-20-16(12-25-19(13)20)17-9-10-24-21(27-17)26-14-5-7-15(8-6-14)31(23,29)30/h5-12,25H,2-4H2,1H3,(H2,23,29,30)(H,24,26,27). The highest BCUT2D eigenvalue weighted by molar-refractivity contribution is 7.89. The molecule has 1 aromatic carbocycles. The van der Waals surface area contributed by atoms with Gasteiger partial charge < -0.3 is 10.3 Å². The van der Waals surface area contributed by atoms with Crippen LogP contribution in [0.3, 0.4) is 0 Å². The lowest BCUT2D eigenvalue weighted by Gasteiger charge is -2.07. The van der Waals surface area contributed by atoms with E-state index in [1.165, 1.54) is 12.1 Å². The van der Waals surface area contributed by atoms with Crippen LogP contribution in [-0.2, 0) is 16.4 Å². The van der Waals surface area contributed by atoms with Gasteiger partial charge in [-0.3, -0.25) is 0 Å². The Morgan fingerprint density at radius 3 is 2.65 bits per heavy atom. The SMILES string of the molecule is CCCCc1cc(Cl)nc2c(-c3ccnc(Nc4ccc(S(N)(=O)=O)cc4)n3)c[nH]c12. The molecule has 0 amide bonds. The number of unbranched alkanes of at least 4 members (excludes halogenated alkanes) is 1. The van der Waals surface area contributed by atoms with Crippen molar-refractivity contribution in [3.63, 3.8) is 0 Å². The predicted octanol–water partition coefficient (Wildman–Crippen LogP) is 4.41. The highest BCUT2D eigenvalue weighted by atomic mass is 35.5. The van der Waals surface area contributed by atoms with E-state index in [4.69, 9.17) is 16.7 Å². The summed E-state index contributed by atoms with van der Waals surface area (Å²) in [4.78, 5) is 16.7. The van der Waals surface area contributed by atoms with Crippen molar-refractivity contribution < 1.29 is 8.42 Å². The number of pyridine rings is 1. The van der Waals surface area contributed by atoms with Crippen LogP contribution in [0.4, 0.5) is 11.6 Å². The first kappa shape index (κ1) is 21.2. The molecule has 0 radical (unpaired) electrons. The second-order valence-corrected chi connectivity index (χ2v) is 9.04. The van der Waals surface area contributed by atoms with Gasteiger partial charge in [-0.05, 0) is 54.8 Å². The lowest BCUT2D eigenvalue weighted by molar-refractivity contribution is 0.598. The number of aryl methyl sites for hydroxylation is 1. The summed E-state index contributed by atoms with van der Waals surface area (Å²) >= 11 is 6.28. The number of hydrogen-bond donors (Lipinski definition) is 3. The maximum atomic E-state index is 11.4. The average molecular weight is 457 g/mol. The molecule has 3 aromatic heterocycles. The quantitative estimate of drug-likeness (QED) is 0.353. The monoisotopic (exact) mass is 456 g/mol. The van der Waals surface area contributed by atoms with Crippen LogP contribution in [-0.4, -0.2) is 28.4 Å². The van der Waals surface area contributed by atoms with Crippen LogP contribution in [0.15, 0.2) is 53.7 Å². The lowest BCUT2D eigenvalue weighted by atomic mass is 10.1. The highest BCUT2D eigenvalue weighted by Crippen LogP contribution is 2.30. The Balaban J connectivity index is 1.65. The molecule has 160 valence electrons. The van der Waals surface area contributed by atoms with E-state index in [2.05, 4.69) is 32.2 Å². The van der Waals surface area contributed by atoms with Crippen LogP contribution in [0.25, 0.3) is 22.3 Å². The van der Waals surface area contributed by atoms with E-state index in [0.29, 0.717) is 22.5 Å². The molecule has 8 nitrogen and oxygen atoms in total. The molecule has 0 aliphatic carbocycles. The Kier molecular flexibility index (Phi) is 5.90. The molecule has 0 saturated carbocycles. The summed E-state index contributed by atoms with van der Waals surface area (Å²) in [6.45, 7) is 2.15. The molecular weight excluding hydrogens is 436 g/mol. The van der Waals surface area contributed by atoms with Crippen molar-refractivity contribution in [3.05, 3.63) is 59.5 Å². The Labute approximate surface area is 185 Å². The smallest absolute Gasteiger partial charge is 0.238 e. The Bertz CT molecular complexity index is 1340. The Hall–Kier alpha value is -3.01. The third kappa shape index (κ3) is 4.68. The molecule has 0 aliphatic heterocycles. The summed E-state index contributed by atoms with van der Waals surface area (Å²) in [5.41, 5.74) is 4.99. The molecular formula is C21H21ClN6O2S. The number of nitrogens with zero attached hydrogens (tertiary/aromatic N) is 3. The largest absolute Gasteiger partial charge is 0.359 e. The number of anilines is 2. The van der Waals surface area contributed by atoms with Crippen molar-refractivity contribution in [2.75, 3.05) is 5.32 Å². The maximum Gasteiger partial charge on any atom is 0.238 e. The molecule has 4 rings (SSSR count). The maximum absolute atomic E-state index is 11.4. The van der Waals surface area contributed by atoms with Gasteiger partial charge in [-0.15, -0.1) is 0 Å². The number of aromatic nitrogens is 4. The van der Waals surface area contributed by atoms with Gasteiger partial charge in [-0.1, -0.05) is 24.9 Å². The van der Waals surface area contributed by atoms with E-state index in [9.17, 15) is 8.42 Å². The number of nitrogens with two attached hydrogens (primary N) is 1. The number of H-pyrrole nitrogens is 1. The van der Waals surface area contributed by atoms with Crippen LogP contribution in [0.1, 0.15) is 25.3 Å². The van der Waals surface area contributed by atoms with Crippen molar-refractivity contribution in [2.24, 2.45) is 5.14 Å². The molecule has 31 heavy (non-hydrogen) atoms. The zero-order valence-electron chi connectivity index (χ0n) is 16.8. The third-order valence-electron chi connectivity index (χ3n) is 4.86. The highest BCUT2D eigenvalue weighted by Gasteiger charge is 2.14. The molecule has 4 aromatic rings. The second kappa shape index (κ2) is 8.62. The molecule has 0 spiro atoms. The van der Waals surface area contributed by atoms with Crippen molar-refractivity contribution >= 4 is 44.3 Å². The van der Waals surface area contributed by atoms with Crippen LogP contribution in [0.2, 0.25) is 5.15 Å². The molecule has 0 unspecified atom stereocenters. The number of aromatic amines is 1. The van der Waals surface area contributed by atoms with Gasteiger partial charge in [0.2, 0.25) is 16.0 Å². The number of sulfonamides is 1. The fraction of sp³-hybridized carbons (Fsp3) is 0.190. The molecule has 4 N–H and O–H groups in total. The van der Waals surface area contributed by atoms with Crippen molar-refractivity contribution in [2.45, 2.75) is 31.1 Å². The van der Waals surface area contributed by atoms with Gasteiger partial charge in [0.05, 0.1) is 21.6 Å². The molecule has 0 fully saturated rings. The minimum Gasteiger partial charge on any atom is -0.359 e. The minimum absolute atomic E-state index is 0.0355. The number of halogens is 1. The molecule has 0 bridgehead atoms. The predicted molar refractivity (Wildman–Crippen MR) is 122 cm³/mol. The van der Waals surface area contributed by atoms with Gasteiger partial charge in [-0.2, -0.15) is 0 Å². The van der Waals surface area contributed by atoms with E-state index < -0.39 is 10.0 Å². The van der Waals surface area contributed by atoms with Crippen LogP contribution >= 0.6 is 11.6 Å². The summed E-state index contributed by atoms with van der Waals surface area (Å²) in [5.74, 6) is 0.364. The van der Waals surface area contributed by atoms with Gasteiger partial charge in [0.1, 0.15) is 5.15 Å². The summed E-state index contributed by atoms with van der Waals surface area (Å²) in [7, 11) is -3.74. The van der Waals surface area contributed by atoms with E-state index in [1.54, 1.807) is 24.4 Å². The minimum atomic E-state index is -3.74. The van der Waals surface area contributed by atoms with Crippen LogP contribution < -0.4 is 10.5 Å². The second-order valence-electron chi connectivity index (χ2n) is 7.09. The van der Waals surface area contributed by atoms with E-state index >= 15 is 0 Å². The number of hydrogen-bond acceptors (Lipinski definition) is 6. The number of nitrogens with one attached hydrogen (secondary N) is 2. The normalized spacial score (nSPS) is 11.7. The van der Waals surface area contributed by atoms with Crippen LogP contribution in [0.5, 0.6) is 0 Å². The first-order valence-electron chi connectivity index (χ1n) is 9.75. The van der Waals surface area contributed by atoms with Gasteiger partial charge in [0.25, 0.3) is 0 Å². The average Bonchev–Trinajstić information content (AvgIpc) is 3.16. The Morgan fingerprint density at radius 2 is 1.94 bits per heavy atom. The van der Waals surface area contributed by atoms with Crippen molar-refractivity contribution in [1.82, 2.24) is 19.9 Å². The zero-order chi connectivity index (χ0) is 22.0. The molecule has 3 heterocycles. The number of primary sulfonamides is 1. The zero-order valence-corrected chi connectivity index (χ0v) is 18.3. The topological polar surface area (TPSA) is 127 Å². The lowest BCUT2D eigenvalue weighted by Crippen LogP contribution is -2.11. The molecule has 0 saturated heterocycles. The van der Waals surface area contributed by atoms with Crippen molar-refractivity contribution in [3.8, 4) is 11.3 Å². The molecule has 10 heteroatoms. The fourth-order valence-electron chi connectivity index (χ4n) is 3.32. The first-order chi connectivity index (χ1) is 14.8. The van der Waals surface area contributed by atoms with Gasteiger partial charge in [0, 0.05) is 23.6 Å².